The van der Waals surface area contributed by atoms with Gasteiger partial charge in [0.1, 0.15) is 0 Å². The fourth-order valence-electron chi connectivity index (χ4n) is 1.25. The molecule has 0 saturated heterocycles. The summed E-state index contributed by atoms with van der Waals surface area (Å²) in [4.78, 5) is 11.3. The molecule has 1 rings (SSSR count). The van der Waals surface area contributed by atoms with E-state index in [2.05, 4.69) is 5.32 Å². The van der Waals surface area contributed by atoms with Gasteiger partial charge in [-0.05, 0) is 19.1 Å². The van der Waals surface area contributed by atoms with Crippen molar-refractivity contribution in [3.05, 3.63) is 24.0 Å². The molecule has 96 valence electrons. The summed E-state index contributed by atoms with van der Waals surface area (Å²) in [6.07, 6.45) is 0.202. The van der Waals surface area contributed by atoms with E-state index in [0.717, 1.165) is 0 Å². The van der Waals surface area contributed by atoms with E-state index in [1.54, 1.807) is 13.0 Å². The first-order chi connectivity index (χ1) is 7.52. The van der Waals surface area contributed by atoms with Crippen molar-refractivity contribution in [1.29, 1.82) is 0 Å². The molecular weight excluding hydrogens is 247 g/mol. The average molecular weight is 263 g/mol. The number of methoxy groups -OCH3 is 1. The first-order valence-electron chi connectivity index (χ1n) is 4.92. The third-order valence-corrected chi connectivity index (χ3v) is 1.94. The highest BCUT2D eigenvalue weighted by Crippen LogP contribution is 2.20. The van der Waals surface area contributed by atoms with E-state index in [4.69, 9.17) is 10.5 Å². The van der Waals surface area contributed by atoms with E-state index in [-0.39, 0.29) is 36.5 Å². The van der Waals surface area contributed by atoms with Gasteiger partial charge in [0, 0.05) is 24.2 Å². The van der Waals surface area contributed by atoms with Gasteiger partial charge in [-0.3, -0.25) is 4.79 Å². The van der Waals surface area contributed by atoms with Crippen LogP contribution in [0, 0.1) is 5.82 Å². The molecule has 0 aliphatic heterocycles. The lowest BCUT2D eigenvalue weighted by atomic mass is 10.2. The van der Waals surface area contributed by atoms with Gasteiger partial charge in [0.05, 0.1) is 7.11 Å². The predicted molar refractivity (Wildman–Crippen MR) is 67.1 cm³/mol. The van der Waals surface area contributed by atoms with Gasteiger partial charge in [0.15, 0.2) is 11.6 Å². The van der Waals surface area contributed by atoms with Crippen molar-refractivity contribution in [2.75, 3.05) is 12.4 Å². The van der Waals surface area contributed by atoms with Gasteiger partial charge in [-0.2, -0.15) is 0 Å². The molecule has 0 fully saturated rings. The lowest BCUT2D eigenvalue weighted by Crippen LogP contribution is -2.24. The normalized spacial score (nSPS) is 11.3. The molecular formula is C11H16ClFN2O2. The largest absolute Gasteiger partial charge is 0.494 e. The summed E-state index contributed by atoms with van der Waals surface area (Å²) in [6.45, 7) is 1.73. The molecule has 0 saturated carbocycles. The second kappa shape index (κ2) is 7.09. The zero-order valence-corrected chi connectivity index (χ0v) is 10.5. The maximum Gasteiger partial charge on any atom is 0.225 e. The van der Waals surface area contributed by atoms with Gasteiger partial charge in [-0.25, -0.2) is 4.39 Å². The first-order valence-corrected chi connectivity index (χ1v) is 4.92. The molecule has 0 radical (unpaired) electrons. The monoisotopic (exact) mass is 262 g/mol. The van der Waals surface area contributed by atoms with E-state index in [0.29, 0.717) is 5.69 Å². The van der Waals surface area contributed by atoms with E-state index in [9.17, 15) is 9.18 Å². The van der Waals surface area contributed by atoms with Crippen LogP contribution in [-0.2, 0) is 4.79 Å². The Kier molecular flexibility index (Phi) is 6.53. The Bertz CT molecular complexity index is 386. The van der Waals surface area contributed by atoms with Crippen LogP contribution in [0.25, 0.3) is 0 Å². The average Bonchev–Trinajstić information content (AvgIpc) is 2.16. The number of nitrogens with two attached hydrogens (primary N) is 1. The topological polar surface area (TPSA) is 64.3 Å². The van der Waals surface area contributed by atoms with Gasteiger partial charge in [0.25, 0.3) is 0 Å². The van der Waals surface area contributed by atoms with Crippen LogP contribution in [0.5, 0.6) is 5.75 Å². The quantitative estimate of drug-likeness (QED) is 0.872. The van der Waals surface area contributed by atoms with Crippen molar-refractivity contribution in [3.8, 4) is 5.75 Å². The Morgan fingerprint density at radius 3 is 2.71 bits per heavy atom. The van der Waals surface area contributed by atoms with E-state index < -0.39 is 5.82 Å². The number of ether oxygens (including phenoxy) is 1. The maximum absolute atomic E-state index is 13.3. The highest BCUT2D eigenvalue weighted by molar-refractivity contribution is 5.91. The molecule has 17 heavy (non-hydrogen) atoms. The van der Waals surface area contributed by atoms with Crippen molar-refractivity contribution in [2.45, 2.75) is 19.4 Å². The minimum absolute atomic E-state index is 0. The highest BCUT2D eigenvalue weighted by atomic mass is 35.5. The lowest BCUT2D eigenvalue weighted by Gasteiger charge is -2.08. The van der Waals surface area contributed by atoms with Crippen LogP contribution in [0.15, 0.2) is 18.2 Å². The number of rotatable bonds is 4. The summed E-state index contributed by atoms with van der Waals surface area (Å²) < 4.78 is 18.0. The Morgan fingerprint density at radius 1 is 1.59 bits per heavy atom. The fourth-order valence-corrected chi connectivity index (χ4v) is 1.25. The van der Waals surface area contributed by atoms with Crippen molar-refractivity contribution in [3.63, 3.8) is 0 Å². The van der Waals surface area contributed by atoms with Crippen molar-refractivity contribution < 1.29 is 13.9 Å². The van der Waals surface area contributed by atoms with Gasteiger partial charge in [-0.15, -0.1) is 12.4 Å². The molecule has 0 aliphatic rings. The van der Waals surface area contributed by atoms with Gasteiger partial charge in [-0.1, -0.05) is 0 Å². The molecule has 4 nitrogen and oxygen atoms in total. The van der Waals surface area contributed by atoms with Crippen molar-refractivity contribution in [2.24, 2.45) is 5.73 Å². The maximum atomic E-state index is 13.3. The summed E-state index contributed by atoms with van der Waals surface area (Å²) in [5.41, 5.74) is 5.86. The summed E-state index contributed by atoms with van der Waals surface area (Å²) in [5, 5.41) is 2.55. The highest BCUT2D eigenvalue weighted by Gasteiger charge is 2.08. The number of carbonyl (C=O) groups excluding carboxylic acids is 1. The summed E-state index contributed by atoms with van der Waals surface area (Å²) in [5.74, 6) is -0.606. The Morgan fingerprint density at radius 2 is 2.24 bits per heavy atom. The molecule has 0 spiro atoms. The minimum Gasteiger partial charge on any atom is -0.494 e. The fraction of sp³-hybridized carbons (Fsp3) is 0.364. The number of carbonyl (C=O) groups is 1. The van der Waals surface area contributed by atoms with E-state index in [1.807, 2.05) is 0 Å². The molecule has 1 atom stereocenters. The summed E-state index contributed by atoms with van der Waals surface area (Å²) >= 11 is 0. The van der Waals surface area contributed by atoms with Crippen LogP contribution >= 0.6 is 12.4 Å². The zero-order chi connectivity index (χ0) is 12.1. The molecule has 0 bridgehead atoms. The Balaban J connectivity index is 0.00000256. The number of halogens is 2. The number of anilines is 1. The van der Waals surface area contributed by atoms with Crippen LogP contribution in [0.4, 0.5) is 10.1 Å². The number of hydrogen-bond donors (Lipinski definition) is 2. The third-order valence-electron chi connectivity index (χ3n) is 1.94. The minimum atomic E-state index is -0.513. The molecule has 0 heterocycles. The number of hydrogen-bond acceptors (Lipinski definition) is 3. The Hall–Kier alpha value is -1.33. The third kappa shape index (κ3) is 5.01. The van der Waals surface area contributed by atoms with Gasteiger partial charge in [0.2, 0.25) is 5.91 Å². The SMILES string of the molecule is COc1ccc(NC(=O)CC(C)N)cc1F.Cl. The standard InChI is InChI=1S/C11H15FN2O2.ClH/c1-7(13)5-11(15)14-8-3-4-10(16-2)9(12)6-8;/h3-4,6-7H,5,13H2,1-2H3,(H,14,15);1H. The molecule has 1 aromatic rings. The Labute approximate surface area is 106 Å². The second-order valence-electron chi connectivity index (χ2n) is 3.58. The number of benzene rings is 1. The molecule has 6 heteroatoms. The molecule has 1 unspecified atom stereocenters. The van der Waals surface area contributed by atoms with Gasteiger partial charge >= 0.3 is 0 Å². The van der Waals surface area contributed by atoms with Crippen LogP contribution in [-0.4, -0.2) is 19.1 Å². The van der Waals surface area contributed by atoms with Crippen molar-refractivity contribution >= 4 is 24.0 Å². The van der Waals surface area contributed by atoms with Crippen LogP contribution in [0.2, 0.25) is 0 Å². The predicted octanol–water partition coefficient (Wildman–Crippen LogP) is 1.93. The van der Waals surface area contributed by atoms with Crippen LogP contribution < -0.4 is 15.8 Å². The molecule has 0 aliphatic carbocycles. The van der Waals surface area contributed by atoms with Gasteiger partial charge < -0.3 is 15.8 Å². The molecule has 1 aromatic carbocycles. The smallest absolute Gasteiger partial charge is 0.225 e. The zero-order valence-electron chi connectivity index (χ0n) is 9.70. The number of nitrogens with one attached hydrogen (secondary N) is 1. The van der Waals surface area contributed by atoms with Crippen LogP contribution in [0.1, 0.15) is 13.3 Å². The van der Waals surface area contributed by atoms with Crippen LogP contribution in [0.3, 0.4) is 0 Å². The summed E-state index contributed by atoms with van der Waals surface area (Å²) in [6, 6.07) is 4.01. The summed E-state index contributed by atoms with van der Waals surface area (Å²) in [7, 11) is 1.38. The van der Waals surface area contributed by atoms with Crippen molar-refractivity contribution in [1.82, 2.24) is 0 Å². The second-order valence-corrected chi connectivity index (χ2v) is 3.58. The number of amides is 1. The lowest BCUT2D eigenvalue weighted by molar-refractivity contribution is -0.116. The van der Waals surface area contributed by atoms with E-state index in [1.165, 1.54) is 19.2 Å². The molecule has 3 N–H and O–H groups in total. The molecule has 1 amide bonds. The molecule has 0 aromatic heterocycles. The van der Waals surface area contributed by atoms with E-state index >= 15 is 0 Å². The first kappa shape index (κ1) is 15.7.